The molecule has 0 atom stereocenters. The smallest absolute Gasteiger partial charge is 0.308 e. The van der Waals surface area contributed by atoms with E-state index in [2.05, 4.69) is 5.32 Å². The molecule has 0 radical (unpaired) electrons. The highest BCUT2D eigenvalue weighted by Crippen LogP contribution is 2.12. The maximum absolute atomic E-state index is 11.5. The van der Waals surface area contributed by atoms with Crippen LogP contribution in [0.4, 0.5) is 5.69 Å². The van der Waals surface area contributed by atoms with Crippen LogP contribution in [-0.4, -0.2) is 11.9 Å². The summed E-state index contributed by atoms with van der Waals surface area (Å²) in [5, 5.41) is 2.80. The molecule has 0 aliphatic heterocycles. The van der Waals surface area contributed by atoms with E-state index in [-0.39, 0.29) is 30.3 Å². The minimum Gasteiger partial charge on any atom is -0.461 e. The van der Waals surface area contributed by atoms with E-state index in [4.69, 9.17) is 4.74 Å². The number of hydrogen-bond acceptors (Lipinski definition) is 3. The average Bonchev–Trinajstić information content (AvgIpc) is 2.37. The summed E-state index contributed by atoms with van der Waals surface area (Å²) >= 11 is 0. The lowest BCUT2D eigenvalue weighted by molar-refractivity contribution is -0.148. The summed E-state index contributed by atoms with van der Waals surface area (Å²) in [6.07, 6.45) is 0. The molecule has 4 heteroatoms. The van der Waals surface area contributed by atoms with Crippen LogP contribution in [0, 0.1) is 11.8 Å². The van der Waals surface area contributed by atoms with Gasteiger partial charge in [0.15, 0.2) is 0 Å². The highest BCUT2D eigenvalue weighted by Gasteiger charge is 2.09. The van der Waals surface area contributed by atoms with Gasteiger partial charge >= 0.3 is 5.97 Å². The second-order valence-corrected chi connectivity index (χ2v) is 5.10. The van der Waals surface area contributed by atoms with Crippen molar-refractivity contribution in [3.8, 4) is 0 Å². The largest absolute Gasteiger partial charge is 0.461 e. The molecule has 0 aromatic heterocycles. The Bertz CT molecular complexity index is 435. The minimum atomic E-state index is -0.211. The van der Waals surface area contributed by atoms with Crippen molar-refractivity contribution in [3.63, 3.8) is 0 Å². The summed E-state index contributed by atoms with van der Waals surface area (Å²) in [5.74, 6) is -0.396. The summed E-state index contributed by atoms with van der Waals surface area (Å²) in [6.45, 7) is 7.54. The maximum Gasteiger partial charge on any atom is 0.308 e. The number of carbonyl (C=O) groups excluding carboxylic acids is 2. The van der Waals surface area contributed by atoms with Gasteiger partial charge in [0.25, 0.3) is 0 Å². The third kappa shape index (κ3) is 5.12. The van der Waals surface area contributed by atoms with Crippen molar-refractivity contribution in [3.05, 3.63) is 29.8 Å². The molecule has 4 nitrogen and oxygen atoms in total. The van der Waals surface area contributed by atoms with Gasteiger partial charge in [-0.05, 0) is 17.7 Å². The molecule has 1 rings (SSSR count). The standard InChI is InChI=1S/C15H21NO3/c1-10(2)14(17)16-13-7-5-12(6-8-13)9-19-15(18)11(3)4/h5-8,10-11H,9H2,1-4H3,(H,16,17). The zero-order chi connectivity index (χ0) is 14.4. The topological polar surface area (TPSA) is 55.4 Å². The lowest BCUT2D eigenvalue weighted by atomic mass is 10.2. The van der Waals surface area contributed by atoms with Crippen LogP contribution in [0.25, 0.3) is 0 Å². The Balaban J connectivity index is 2.52. The van der Waals surface area contributed by atoms with Crippen LogP contribution in [0.3, 0.4) is 0 Å². The molecular formula is C15H21NO3. The van der Waals surface area contributed by atoms with E-state index < -0.39 is 0 Å². The fraction of sp³-hybridized carbons (Fsp3) is 0.467. The molecule has 0 heterocycles. The first-order valence-corrected chi connectivity index (χ1v) is 6.46. The number of ether oxygens (including phenoxy) is 1. The molecule has 0 saturated carbocycles. The number of anilines is 1. The Morgan fingerprint density at radius 1 is 1.05 bits per heavy atom. The zero-order valence-electron chi connectivity index (χ0n) is 11.9. The lowest BCUT2D eigenvalue weighted by Gasteiger charge is -2.09. The SMILES string of the molecule is CC(C)C(=O)Nc1ccc(COC(=O)C(C)C)cc1. The van der Waals surface area contributed by atoms with Crippen molar-refractivity contribution in [2.24, 2.45) is 11.8 Å². The summed E-state index contributed by atoms with van der Waals surface area (Å²) in [4.78, 5) is 22.8. The van der Waals surface area contributed by atoms with E-state index in [1.165, 1.54) is 0 Å². The van der Waals surface area contributed by atoms with E-state index >= 15 is 0 Å². The van der Waals surface area contributed by atoms with Crippen LogP contribution in [0.1, 0.15) is 33.3 Å². The number of esters is 1. The Hall–Kier alpha value is -1.84. The molecule has 1 amide bonds. The maximum atomic E-state index is 11.5. The molecule has 0 saturated heterocycles. The highest BCUT2D eigenvalue weighted by atomic mass is 16.5. The van der Waals surface area contributed by atoms with Gasteiger partial charge in [0.05, 0.1) is 5.92 Å². The predicted octanol–water partition coefficient (Wildman–Crippen LogP) is 2.98. The molecule has 1 N–H and O–H groups in total. The molecule has 0 bridgehead atoms. The molecule has 1 aromatic rings. The molecule has 0 spiro atoms. The van der Waals surface area contributed by atoms with Crippen molar-refractivity contribution in [2.75, 3.05) is 5.32 Å². The Labute approximate surface area is 114 Å². The van der Waals surface area contributed by atoms with Crippen LogP contribution in [0.2, 0.25) is 0 Å². The first-order valence-electron chi connectivity index (χ1n) is 6.46. The molecular weight excluding hydrogens is 242 g/mol. The summed E-state index contributed by atoms with van der Waals surface area (Å²) in [6, 6.07) is 7.28. The summed E-state index contributed by atoms with van der Waals surface area (Å²) < 4.78 is 5.12. The minimum absolute atomic E-state index is 0.0148. The second-order valence-electron chi connectivity index (χ2n) is 5.10. The van der Waals surface area contributed by atoms with Crippen LogP contribution >= 0.6 is 0 Å². The van der Waals surface area contributed by atoms with Gasteiger partial charge in [-0.25, -0.2) is 0 Å². The van der Waals surface area contributed by atoms with E-state index in [9.17, 15) is 9.59 Å². The van der Waals surface area contributed by atoms with Crippen molar-refractivity contribution >= 4 is 17.6 Å². The van der Waals surface area contributed by atoms with Gasteiger partial charge in [0.2, 0.25) is 5.91 Å². The van der Waals surface area contributed by atoms with Gasteiger partial charge < -0.3 is 10.1 Å². The third-order valence-corrected chi connectivity index (χ3v) is 2.60. The molecule has 0 unspecified atom stereocenters. The van der Waals surface area contributed by atoms with Crippen LogP contribution < -0.4 is 5.32 Å². The summed E-state index contributed by atoms with van der Waals surface area (Å²) in [5.41, 5.74) is 1.65. The van der Waals surface area contributed by atoms with E-state index in [0.717, 1.165) is 11.3 Å². The number of rotatable bonds is 5. The van der Waals surface area contributed by atoms with Crippen molar-refractivity contribution < 1.29 is 14.3 Å². The first-order chi connectivity index (χ1) is 8.90. The van der Waals surface area contributed by atoms with Crippen LogP contribution in [0.15, 0.2) is 24.3 Å². The average molecular weight is 263 g/mol. The first kappa shape index (κ1) is 15.2. The van der Waals surface area contributed by atoms with Gasteiger partial charge in [-0.3, -0.25) is 9.59 Å². The number of amides is 1. The van der Waals surface area contributed by atoms with Crippen molar-refractivity contribution in [1.29, 1.82) is 0 Å². The van der Waals surface area contributed by atoms with Gasteiger partial charge in [0.1, 0.15) is 6.61 Å². The van der Waals surface area contributed by atoms with Gasteiger partial charge in [-0.15, -0.1) is 0 Å². The van der Waals surface area contributed by atoms with E-state index in [0.29, 0.717) is 0 Å². The highest BCUT2D eigenvalue weighted by molar-refractivity contribution is 5.92. The van der Waals surface area contributed by atoms with Crippen molar-refractivity contribution in [1.82, 2.24) is 0 Å². The van der Waals surface area contributed by atoms with E-state index in [1.807, 2.05) is 26.0 Å². The number of hydrogen-bond donors (Lipinski definition) is 1. The van der Waals surface area contributed by atoms with E-state index in [1.54, 1.807) is 26.0 Å². The normalized spacial score (nSPS) is 10.6. The number of nitrogens with one attached hydrogen (secondary N) is 1. The quantitative estimate of drug-likeness (QED) is 0.831. The van der Waals surface area contributed by atoms with Crippen LogP contribution in [-0.2, 0) is 20.9 Å². The molecule has 104 valence electrons. The molecule has 19 heavy (non-hydrogen) atoms. The molecule has 0 aliphatic carbocycles. The molecule has 0 fully saturated rings. The second kappa shape index (κ2) is 6.92. The summed E-state index contributed by atoms with van der Waals surface area (Å²) in [7, 11) is 0. The zero-order valence-corrected chi connectivity index (χ0v) is 11.9. The van der Waals surface area contributed by atoms with Crippen LogP contribution in [0.5, 0.6) is 0 Å². The van der Waals surface area contributed by atoms with Gasteiger partial charge in [-0.1, -0.05) is 39.8 Å². The van der Waals surface area contributed by atoms with Crippen molar-refractivity contribution in [2.45, 2.75) is 34.3 Å². The molecule has 0 aliphatic rings. The Morgan fingerprint density at radius 2 is 1.63 bits per heavy atom. The van der Waals surface area contributed by atoms with Gasteiger partial charge in [0, 0.05) is 11.6 Å². The third-order valence-electron chi connectivity index (χ3n) is 2.60. The Morgan fingerprint density at radius 3 is 2.11 bits per heavy atom. The monoisotopic (exact) mass is 263 g/mol. The molecule has 1 aromatic carbocycles. The fourth-order valence-electron chi connectivity index (χ4n) is 1.29. The lowest BCUT2D eigenvalue weighted by Crippen LogP contribution is -2.17. The van der Waals surface area contributed by atoms with Gasteiger partial charge in [-0.2, -0.15) is 0 Å². The Kier molecular flexibility index (Phi) is 5.55. The predicted molar refractivity (Wildman–Crippen MR) is 74.5 cm³/mol. The number of benzene rings is 1. The number of carbonyl (C=O) groups is 2. The fourth-order valence-corrected chi connectivity index (χ4v) is 1.29.